The Labute approximate surface area is 214 Å². The monoisotopic (exact) mass is 476 g/mol. The zero-order valence-corrected chi connectivity index (χ0v) is 21.0. The van der Waals surface area contributed by atoms with Crippen molar-refractivity contribution in [3.63, 3.8) is 0 Å². The maximum absolute atomic E-state index is 13.2. The zero-order valence-electron chi connectivity index (χ0n) is 21.0. The van der Waals surface area contributed by atoms with Gasteiger partial charge < -0.3 is 0 Å². The number of hydrogen-bond acceptors (Lipinski definition) is 2. The fourth-order valence-electron chi connectivity index (χ4n) is 7.27. The van der Waals surface area contributed by atoms with Gasteiger partial charge in [0.25, 0.3) is 0 Å². The summed E-state index contributed by atoms with van der Waals surface area (Å²) >= 11 is 0. The first-order valence-electron chi connectivity index (χ1n) is 12.9. The van der Waals surface area contributed by atoms with Crippen LogP contribution in [-0.2, 0) is 9.59 Å². The fourth-order valence-corrected chi connectivity index (χ4v) is 7.27. The Morgan fingerprint density at radius 2 is 0.973 bits per heavy atom. The Hall–Kier alpha value is -4.30. The molecule has 2 unspecified atom stereocenters. The van der Waals surface area contributed by atoms with E-state index in [-0.39, 0.29) is 11.6 Å². The molecule has 37 heavy (non-hydrogen) atoms. The summed E-state index contributed by atoms with van der Waals surface area (Å²) in [4.78, 5) is 26.2. The summed E-state index contributed by atoms with van der Waals surface area (Å²) < 4.78 is 0. The largest absolute Gasteiger partial charge is 0.290 e. The van der Waals surface area contributed by atoms with Crippen LogP contribution in [0.25, 0.3) is 43.4 Å². The van der Waals surface area contributed by atoms with Gasteiger partial charge in [0.05, 0.1) is 11.8 Å². The molecule has 0 aliphatic heterocycles. The highest BCUT2D eigenvalue weighted by atomic mass is 16.2. The van der Waals surface area contributed by atoms with Gasteiger partial charge in [0.1, 0.15) is 0 Å². The van der Waals surface area contributed by atoms with Crippen LogP contribution in [0.5, 0.6) is 0 Å². The molecular weight excluding hydrogens is 452 g/mol. The third-order valence-electron chi connectivity index (χ3n) is 8.92. The van der Waals surface area contributed by atoms with Crippen molar-refractivity contribution in [2.24, 2.45) is 0 Å². The molecule has 0 heterocycles. The minimum absolute atomic E-state index is 0.270. The molecule has 2 heteroatoms. The molecule has 2 atom stereocenters. The lowest BCUT2D eigenvalue weighted by atomic mass is 9.62. The molecule has 6 aromatic carbocycles. The van der Waals surface area contributed by atoms with Crippen molar-refractivity contribution < 1.29 is 9.59 Å². The summed E-state index contributed by atoms with van der Waals surface area (Å²) in [5.41, 5.74) is 10.1. The molecule has 0 N–H and O–H groups in total. The van der Waals surface area contributed by atoms with E-state index in [0.717, 1.165) is 27.8 Å². The number of rotatable bonds is 1. The summed E-state index contributed by atoms with van der Waals surface area (Å²) in [6.45, 7) is 6.58. The Kier molecular flexibility index (Phi) is 3.90. The maximum atomic E-state index is 13.2. The first-order chi connectivity index (χ1) is 17.9. The highest BCUT2D eigenvalue weighted by Crippen LogP contribution is 2.51. The van der Waals surface area contributed by atoms with Gasteiger partial charge in [-0.25, -0.2) is 0 Å². The molecule has 0 fully saturated rings. The first kappa shape index (κ1) is 20.8. The second-order valence-corrected chi connectivity index (χ2v) is 10.9. The van der Waals surface area contributed by atoms with E-state index < -0.39 is 11.8 Å². The molecule has 0 saturated heterocycles. The van der Waals surface area contributed by atoms with Crippen LogP contribution in [-0.4, -0.2) is 11.6 Å². The van der Waals surface area contributed by atoms with Crippen molar-refractivity contribution in [2.45, 2.75) is 32.6 Å². The van der Waals surface area contributed by atoms with Crippen molar-refractivity contribution in [1.29, 1.82) is 0 Å². The van der Waals surface area contributed by atoms with Crippen molar-refractivity contribution in [3.8, 4) is 11.1 Å². The van der Waals surface area contributed by atoms with Crippen LogP contribution in [0.15, 0.2) is 78.9 Å². The van der Waals surface area contributed by atoms with E-state index in [1.807, 2.05) is 24.3 Å². The molecule has 2 bridgehead atoms. The molecule has 0 radical (unpaired) electrons. The third-order valence-corrected chi connectivity index (χ3v) is 8.92. The molecule has 0 amide bonds. The van der Waals surface area contributed by atoms with Crippen molar-refractivity contribution in [2.75, 3.05) is 0 Å². The SMILES string of the molecule is Cc1cc(C)c2ccc3c(-c4ccc5c(c4)C4C(=O)C(=O)C5c5ccccc54)cc(C)c4ccc1c2c43. The normalized spacial score (nSPS) is 18.2. The van der Waals surface area contributed by atoms with Gasteiger partial charge in [-0.05, 0) is 109 Å². The predicted octanol–water partition coefficient (Wildman–Crippen LogP) is 7.91. The van der Waals surface area contributed by atoms with Crippen LogP contribution in [0.1, 0.15) is 50.8 Å². The Morgan fingerprint density at radius 3 is 1.59 bits per heavy atom. The summed E-state index contributed by atoms with van der Waals surface area (Å²) in [6.07, 6.45) is 0. The fraction of sp³-hybridized carbons (Fsp3) is 0.143. The number of Topliss-reactive ketones (excluding diaryl/α,β-unsaturated/α-hetero) is 2. The van der Waals surface area contributed by atoms with Gasteiger partial charge in [0.15, 0.2) is 0 Å². The Morgan fingerprint density at radius 1 is 0.486 bits per heavy atom. The van der Waals surface area contributed by atoms with E-state index in [1.54, 1.807) is 0 Å². The van der Waals surface area contributed by atoms with E-state index in [0.29, 0.717) is 0 Å². The number of fused-ring (bicyclic) bond motifs is 1. The summed E-state index contributed by atoms with van der Waals surface area (Å²) in [7, 11) is 0. The second kappa shape index (κ2) is 6.92. The van der Waals surface area contributed by atoms with Gasteiger partial charge >= 0.3 is 0 Å². The highest BCUT2D eigenvalue weighted by Gasteiger charge is 2.48. The summed E-state index contributed by atoms with van der Waals surface area (Å²) in [5.74, 6) is -1.53. The highest BCUT2D eigenvalue weighted by molar-refractivity contribution is 6.45. The van der Waals surface area contributed by atoms with Gasteiger partial charge in [-0.3, -0.25) is 9.59 Å². The zero-order chi connectivity index (χ0) is 25.2. The quantitative estimate of drug-likeness (QED) is 0.178. The van der Waals surface area contributed by atoms with E-state index in [9.17, 15) is 9.59 Å². The smallest absolute Gasteiger partial charge is 0.211 e. The van der Waals surface area contributed by atoms with Gasteiger partial charge in [0.2, 0.25) is 11.6 Å². The average Bonchev–Trinajstić information content (AvgIpc) is 2.91. The number of ketones is 2. The van der Waals surface area contributed by atoms with E-state index in [1.165, 1.54) is 54.6 Å². The number of carbonyl (C=O) groups is 2. The van der Waals surface area contributed by atoms with Crippen molar-refractivity contribution in [3.05, 3.63) is 118 Å². The number of benzene rings is 6. The van der Waals surface area contributed by atoms with Gasteiger partial charge in [-0.2, -0.15) is 0 Å². The maximum Gasteiger partial charge on any atom is 0.211 e. The van der Waals surface area contributed by atoms with Gasteiger partial charge in [-0.15, -0.1) is 0 Å². The summed E-state index contributed by atoms with van der Waals surface area (Å²) in [5, 5.41) is 7.77. The molecule has 3 aliphatic rings. The van der Waals surface area contributed by atoms with E-state index in [2.05, 4.69) is 75.4 Å². The van der Waals surface area contributed by atoms with E-state index >= 15 is 0 Å². The van der Waals surface area contributed by atoms with Crippen LogP contribution < -0.4 is 0 Å². The number of carbonyl (C=O) groups excluding carboxylic acids is 2. The lowest BCUT2D eigenvalue weighted by molar-refractivity contribution is -0.138. The van der Waals surface area contributed by atoms with Crippen LogP contribution in [0.4, 0.5) is 0 Å². The second-order valence-electron chi connectivity index (χ2n) is 10.9. The predicted molar refractivity (Wildman–Crippen MR) is 150 cm³/mol. The van der Waals surface area contributed by atoms with Crippen LogP contribution >= 0.6 is 0 Å². The topological polar surface area (TPSA) is 34.1 Å². The Balaban J connectivity index is 1.43. The average molecular weight is 477 g/mol. The molecule has 0 spiro atoms. The van der Waals surface area contributed by atoms with Crippen LogP contribution in [0.3, 0.4) is 0 Å². The number of hydrogen-bond donors (Lipinski definition) is 0. The minimum atomic E-state index is -0.505. The van der Waals surface area contributed by atoms with Gasteiger partial charge in [0, 0.05) is 0 Å². The molecule has 0 aromatic heterocycles. The number of aryl methyl sites for hydroxylation is 3. The van der Waals surface area contributed by atoms with Gasteiger partial charge in [-0.1, -0.05) is 72.8 Å². The van der Waals surface area contributed by atoms with Crippen molar-refractivity contribution >= 4 is 43.9 Å². The lowest BCUT2D eigenvalue weighted by Gasteiger charge is -2.38. The summed E-state index contributed by atoms with van der Waals surface area (Å²) in [6, 6.07) is 28.0. The standard InChI is InChI=1S/C35H24O2/c1-17-14-18(2)22-12-13-26-28(15-19(3)23-11-10-21(17)30(22)31(23)26)20-8-9-27-29(16-20)33-25-7-5-4-6-24(25)32(27)34(36)35(33)37/h4-16,32-33H,1-3H3. The van der Waals surface area contributed by atoms with E-state index in [4.69, 9.17) is 0 Å². The van der Waals surface area contributed by atoms with Crippen LogP contribution in [0, 0.1) is 20.8 Å². The molecular formula is C35H24O2. The minimum Gasteiger partial charge on any atom is -0.290 e. The van der Waals surface area contributed by atoms with Crippen LogP contribution in [0.2, 0.25) is 0 Å². The molecule has 176 valence electrons. The molecule has 9 rings (SSSR count). The first-order valence-corrected chi connectivity index (χ1v) is 12.9. The Bertz CT molecular complexity index is 1990. The molecule has 0 saturated carbocycles. The van der Waals surface area contributed by atoms with Crippen molar-refractivity contribution in [1.82, 2.24) is 0 Å². The molecule has 3 aliphatic carbocycles. The molecule has 2 nitrogen and oxygen atoms in total. The third kappa shape index (κ3) is 2.50. The lowest BCUT2D eigenvalue weighted by Crippen LogP contribution is -2.40. The molecule has 6 aromatic rings.